The zero-order valence-electron chi connectivity index (χ0n) is 15.0. The molecule has 0 saturated heterocycles. The maximum absolute atomic E-state index is 12.5. The van der Waals surface area contributed by atoms with Crippen LogP contribution in [-0.4, -0.2) is 27.8 Å². The van der Waals surface area contributed by atoms with E-state index in [-0.39, 0.29) is 18.0 Å². The van der Waals surface area contributed by atoms with E-state index in [1.165, 1.54) is 6.33 Å². The molecule has 0 bridgehead atoms. The third kappa shape index (κ3) is 3.06. The third-order valence-electron chi connectivity index (χ3n) is 4.91. The Labute approximate surface area is 162 Å². The Hall–Kier alpha value is -2.86. The Morgan fingerprint density at radius 3 is 2.59 bits per heavy atom. The molecule has 0 saturated carbocycles. The van der Waals surface area contributed by atoms with Crippen LogP contribution in [0.5, 0.6) is 5.75 Å². The minimum absolute atomic E-state index is 0.0809. The molecule has 0 N–H and O–H groups in total. The van der Waals surface area contributed by atoms with E-state index in [1.807, 2.05) is 48.5 Å². The SMILES string of the molecule is COc1ccccc1C1CC(c2ccc(Cl)cc2)N(C(C)=O)c2ncnn21. The lowest BCUT2D eigenvalue weighted by molar-refractivity contribution is -0.117. The van der Waals surface area contributed by atoms with Crippen molar-refractivity contribution >= 4 is 23.5 Å². The van der Waals surface area contributed by atoms with E-state index in [2.05, 4.69) is 10.1 Å². The lowest BCUT2D eigenvalue weighted by Crippen LogP contribution is -2.41. The molecule has 1 aromatic heterocycles. The number of anilines is 1. The van der Waals surface area contributed by atoms with Gasteiger partial charge in [-0.25, -0.2) is 4.68 Å². The van der Waals surface area contributed by atoms with Gasteiger partial charge in [0.2, 0.25) is 11.9 Å². The van der Waals surface area contributed by atoms with Crippen LogP contribution in [0.4, 0.5) is 5.95 Å². The summed E-state index contributed by atoms with van der Waals surface area (Å²) in [6, 6.07) is 15.2. The number of nitrogens with zero attached hydrogens (tertiary/aromatic N) is 4. The second kappa shape index (κ2) is 7.04. The summed E-state index contributed by atoms with van der Waals surface area (Å²) in [5, 5.41) is 5.06. The van der Waals surface area contributed by atoms with Gasteiger partial charge >= 0.3 is 0 Å². The zero-order valence-corrected chi connectivity index (χ0v) is 15.8. The summed E-state index contributed by atoms with van der Waals surface area (Å²) in [6.07, 6.45) is 2.13. The molecule has 1 aliphatic heterocycles. The molecule has 0 spiro atoms. The van der Waals surface area contributed by atoms with Gasteiger partial charge in [-0.3, -0.25) is 9.69 Å². The predicted molar refractivity (Wildman–Crippen MR) is 103 cm³/mol. The number of hydrogen-bond donors (Lipinski definition) is 0. The summed E-state index contributed by atoms with van der Waals surface area (Å²) in [7, 11) is 1.66. The van der Waals surface area contributed by atoms with Crippen molar-refractivity contribution in [3.63, 3.8) is 0 Å². The molecule has 0 aliphatic carbocycles. The molecule has 2 atom stereocenters. The van der Waals surface area contributed by atoms with Gasteiger partial charge in [0.05, 0.1) is 19.2 Å². The molecule has 4 rings (SSSR count). The molecule has 2 heterocycles. The largest absolute Gasteiger partial charge is 0.496 e. The standard InChI is InChI=1S/C20H19ClN4O2/c1-13(26)24-17(14-7-9-15(21)10-8-14)11-18(25-20(24)22-12-23-25)16-5-3-4-6-19(16)27-2/h3-10,12,17-18H,11H2,1-2H3. The first-order valence-electron chi connectivity index (χ1n) is 8.68. The summed E-state index contributed by atoms with van der Waals surface area (Å²) in [5.41, 5.74) is 2.01. The first kappa shape index (κ1) is 17.5. The molecule has 27 heavy (non-hydrogen) atoms. The highest BCUT2D eigenvalue weighted by Crippen LogP contribution is 2.43. The van der Waals surface area contributed by atoms with Crippen LogP contribution in [0.15, 0.2) is 54.9 Å². The Bertz CT molecular complexity index is 970. The quantitative estimate of drug-likeness (QED) is 0.686. The molecular formula is C20H19ClN4O2. The van der Waals surface area contributed by atoms with Gasteiger partial charge in [-0.1, -0.05) is 41.9 Å². The lowest BCUT2D eigenvalue weighted by atomic mass is 9.91. The number of fused-ring (bicyclic) bond motifs is 1. The van der Waals surface area contributed by atoms with Gasteiger partial charge in [-0.05, 0) is 30.2 Å². The molecule has 7 heteroatoms. The molecule has 2 aromatic carbocycles. The number of halogens is 1. The van der Waals surface area contributed by atoms with Gasteiger partial charge in [0.15, 0.2) is 0 Å². The number of methoxy groups -OCH3 is 1. The normalized spacial score (nSPS) is 18.9. The number of benzene rings is 2. The zero-order chi connectivity index (χ0) is 19.0. The number of carbonyl (C=O) groups is 1. The maximum atomic E-state index is 12.5. The molecule has 0 radical (unpaired) electrons. The lowest BCUT2D eigenvalue weighted by Gasteiger charge is -2.38. The highest BCUT2D eigenvalue weighted by molar-refractivity contribution is 6.30. The highest BCUT2D eigenvalue weighted by Gasteiger charge is 2.38. The van der Waals surface area contributed by atoms with Crippen LogP contribution < -0.4 is 9.64 Å². The molecule has 2 unspecified atom stereocenters. The third-order valence-corrected chi connectivity index (χ3v) is 5.17. The molecular weight excluding hydrogens is 364 g/mol. The van der Waals surface area contributed by atoms with Crippen molar-refractivity contribution < 1.29 is 9.53 Å². The average molecular weight is 383 g/mol. The fourth-order valence-electron chi connectivity index (χ4n) is 3.72. The van der Waals surface area contributed by atoms with Crippen molar-refractivity contribution in [1.29, 1.82) is 0 Å². The minimum atomic E-state index is -0.175. The van der Waals surface area contributed by atoms with Crippen molar-refractivity contribution in [2.45, 2.75) is 25.4 Å². The topological polar surface area (TPSA) is 60.2 Å². The number of amides is 1. The van der Waals surface area contributed by atoms with E-state index in [0.717, 1.165) is 16.9 Å². The van der Waals surface area contributed by atoms with Gasteiger partial charge in [0.1, 0.15) is 12.1 Å². The van der Waals surface area contributed by atoms with E-state index in [4.69, 9.17) is 16.3 Å². The van der Waals surface area contributed by atoms with Crippen LogP contribution in [-0.2, 0) is 4.79 Å². The van der Waals surface area contributed by atoms with Crippen LogP contribution in [0.3, 0.4) is 0 Å². The van der Waals surface area contributed by atoms with Crippen molar-refractivity contribution in [3.8, 4) is 5.75 Å². The van der Waals surface area contributed by atoms with Crippen molar-refractivity contribution in [2.75, 3.05) is 12.0 Å². The van der Waals surface area contributed by atoms with Gasteiger partial charge < -0.3 is 4.74 Å². The Balaban J connectivity index is 1.86. The van der Waals surface area contributed by atoms with Gasteiger partial charge in [-0.15, -0.1) is 0 Å². The van der Waals surface area contributed by atoms with Gasteiger partial charge in [-0.2, -0.15) is 10.1 Å². The molecule has 1 amide bonds. The van der Waals surface area contributed by atoms with E-state index < -0.39 is 0 Å². The first-order chi connectivity index (χ1) is 13.1. The van der Waals surface area contributed by atoms with E-state index in [9.17, 15) is 4.79 Å². The summed E-state index contributed by atoms with van der Waals surface area (Å²) < 4.78 is 7.36. The molecule has 138 valence electrons. The number of aromatic nitrogens is 3. The summed E-state index contributed by atoms with van der Waals surface area (Å²) in [6.45, 7) is 1.55. The first-order valence-corrected chi connectivity index (χ1v) is 9.05. The highest BCUT2D eigenvalue weighted by atomic mass is 35.5. The van der Waals surface area contributed by atoms with Crippen LogP contribution in [0.1, 0.15) is 36.6 Å². The second-order valence-electron chi connectivity index (χ2n) is 6.45. The van der Waals surface area contributed by atoms with Gasteiger partial charge in [0, 0.05) is 17.5 Å². The predicted octanol–water partition coefficient (Wildman–Crippen LogP) is 4.03. The molecule has 1 aliphatic rings. The summed E-state index contributed by atoms with van der Waals surface area (Å²) in [5.74, 6) is 1.24. The average Bonchev–Trinajstić information content (AvgIpc) is 3.16. The second-order valence-corrected chi connectivity index (χ2v) is 6.89. The molecule has 3 aromatic rings. The Kier molecular flexibility index (Phi) is 4.58. The van der Waals surface area contributed by atoms with Crippen molar-refractivity contribution in [3.05, 3.63) is 71.0 Å². The number of rotatable bonds is 3. The van der Waals surface area contributed by atoms with E-state index >= 15 is 0 Å². The van der Waals surface area contributed by atoms with Gasteiger partial charge in [0.25, 0.3) is 0 Å². The van der Waals surface area contributed by atoms with Crippen molar-refractivity contribution in [2.24, 2.45) is 0 Å². The van der Waals surface area contributed by atoms with Crippen LogP contribution in [0, 0.1) is 0 Å². The summed E-state index contributed by atoms with van der Waals surface area (Å²) >= 11 is 6.05. The van der Waals surface area contributed by atoms with Crippen molar-refractivity contribution in [1.82, 2.24) is 14.8 Å². The number of carbonyl (C=O) groups excluding carboxylic acids is 1. The molecule has 0 fully saturated rings. The Morgan fingerprint density at radius 2 is 1.89 bits per heavy atom. The fraction of sp³-hybridized carbons (Fsp3) is 0.250. The maximum Gasteiger partial charge on any atom is 0.231 e. The van der Waals surface area contributed by atoms with Crippen LogP contribution in [0.2, 0.25) is 5.02 Å². The monoisotopic (exact) mass is 382 g/mol. The summed E-state index contributed by atoms with van der Waals surface area (Å²) in [4.78, 5) is 18.5. The van der Waals surface area contributed by atoms with Crippen LogP contribution >= 0.6 is 11.6 Å². The molecule has 6 nitrogen and oxygen atoms in total. The fourth-order valence-corrected chi connectivity index (χ4v) is 3.85. The smallest absolute Gasteiger partial charge is 0.231 e. The minimum Gasteiger partial charge on any atom is -0.496 e. The van der Waals surface area contributed by atoms with Crippen LogP contribution in [0.25, 0.3) is 0 Å². The Morgan fingerprint density at radius 1 is 1.15 bits per heavy atom. The van der Waals surface area contributed by atoms with E-state index in [1.54, 1.807) is 23.6 Å². The number of ether oxygens (including phenoxy) is 1. The number of hydrogen-bond acceptors (Lipinski definition) is 4. The number of para-hydroxylation sites is 1. The van der Waals surface area contributed by atoms with E-state index in [0.29, 0.717) is 17.4 Å².